The number of ether oxygens (including phenoxy) is 3. The van der Waals surface area contributed by atoms with E-state index in [0.29, 0.717) is 35.2 Å². The number of fused-ring (bicyclic) bond motifs is 2. The van der Waals surface area contributed by atoms with E-state index in [1.807, 2.05) is 6.92 Å². The summed E-state index contributed by atoms with van der Waals surface area (Å²) in [5, 5.41) is 0. The Hall–Kier alpha value is -3.78. The smallest absolute Gasteiger partial charge is 0.231 e. The van der Waals surface area contributed by atoms with Gasteiger partial charge in [-0.3, -0.25) is 4.79 Å². The first kappa shape index (κ1) is 20.1. The van der Waals surface area contributed by atoms with E-state index in [9.17, 15) is 13.2 Å². The van der Waals surface area contributed by atoms with E-state index in [1.165, 1.54) is 12.3 Å². The molecule has 2 heterocycles. The first-order chi connectivity index (χ1) is 15.5. The van der Waals surface area contributed by atoms with Gasteiger partial charge in [0, 0.05) is 23.5 Å². The Kier molecular flexibility index (Phi) is 4.86. The van der Waals surface area contributed by atoms with E-state index in [2.05, 4.69) is 0 Å². The average Bonchev–Trinajstić information content (AvgIpc) is 3.28. The summed E-state index contributed by atoms with van der Waals surface area (Å²) in [4.78, 5) is 14.7. The molecule has 0 fully saturated rings. The normalized spacial score (nSPS) is 15.7. The Morgan fingerprint density at radius 1 is 1.00 bits per heavy atom. The average molecular weight is 449 g/mol. The predicted molar refractivity (Wildman–Crippen MR) is 118 cm³/mol. The van der Waals surface area contributed by atoms with Gasteiger partial charge in [-0.25, -0.2) is 8.42 Å². The number of ketones is 1. The van der Waals surface area contributed by atoms with Gasteiger partial charge < -0.3 is 19.1 Å². The highest BCUT2D eigenvalue weighted by molar-refractivity contribution is 7.96. The summed E-state index contributed by atoms with van der Waals surface area (Å²) in [6.07, 6.45) is 1.37. The van der Waals surface area contributed by atoms with E-state index in [0.717, 1.165) is 0 Å². The first-order valence-corrected chi connectivity index (χ1v) is 11.5. The molecule has 0 saturated heterocycles. The van der Waals surface area contributed by atoms with Crippen molar-refractivity contribution in [3.63, 3.8) is 0 Å². The van der Waals surface area contributed by atoms with Crippen molar-refractivity contribution in [2.45, 2.75) is 11.8 Å². The van der Waals surface area contributed by atoms with Crippen LogP contribution in [0, 0.1) is 0 Å². The molecule has 0 saturated carbocycles. The lowest BCUT2D eigenvalue weighted by Crippen LogP contribution is -2.25. The lowest BCUT2D eigenvalue weighted by atomic mass is 10.1. The summed E-state index contributed by atoms with van der Waals surface area (Å²) in [6.45, 7) is 2.48. The molecule has 0 bridgehead atoms. The SMILES string of the molecule is CCOc1ccc(C(=O)C2=CN(c3ccc4c(c3)OCO4)c3ccccc3S2(=O)=O)cc1. The van der Waals surface area contributed by atoms with Crippen LogP contribution in [0.15, 0.2) is 82.7 Å². The van der Waals surface area contributed by atoms with Crippen LogP contribution in [0.3, 0.4) is 0 Å². The monoisotopic (exact) mass is 449 g/mol. The Labute approximate surface area is 185 Å². The molecule has 32 heavy (non-hydrogen) atoms. The van der Waals surface area contributed by atoms with Gasteiger partial charge in [0.1, 0.15) is 10.7 Å². The predicted octanol–water partition coefficient (Wildman–Crippen LogP) is 4.46. The highest BCUT2D eigenvalue weighted by Gasteiger charge is 2.36. The first-order valence-electron chi connectivity index (χ1n) is 10.0. The van der Waals surface area contributed by atoms with Crippen LogP contribution in [-0.4, -0.2) is 27.6 Å². The molecule has 0 unspecified atom stereocenters. The van der Waals surface area contributed by atoms with Crippen molar-refractivity contribution in [2.75, 3.05) is 18.3 Å². The highest BCUT2D eigenvalue weighted by Crippen LogP contribution is 2.43. The summed E-state index contributed by atoms with van der Waals surface area (Å²) in [5.41, 5.74) is 1.36. The van der Waals surface area contributed by atoms with Crippen LogP contribution < -0.4 is 19.1 Å². The minimum atomic E-state index is -4.02. The molecule has 0 spiro atoms. The van der Waals surface area contributed by atoms with Crippen LogP contribution in [0.5, 0.6) is 17.2 Å². The number of sulfone groups is 1. The van der Waals surface area contributed by atoms with Crippen molar-refractivity contribution in [2.24, 2.45) is 0 Å². The van der Waals surface area contributed by atoms with Crippen molar-refractivity contribution in [3.8, 4) is 17.2 Å². The molecule has 0 atom stereocenters. The van der Waals surface area contributed by atoms with Gasteiger partial charge in [0.25, 0.3) is 0 Å². The van der Waals surface area contributed by atoms with Gasteiger partial charge in [0.15, 0.2) is 11.5 Å². The highest BCUT2D eigenvalue weighted by atomic mass is 32.2. The molecule has 3 aromatic carbocycles. The number of allylic oxidation sites excluding steroid dienone is 1. The van der Waals surface area contributed by atoms with Crippen LogP contribution in [0.25, 0.3) is 0 Å². The minimum Gasteiger partial charge on any atom is -0.494 e. The van der Waals surface area contributed by atoms with Crippen molar-refractivity contribution in [1.29, 1.82) is 0 Å². The van der Waals surface area contributed by atoms with Crippen LogP contribution in [0.2, 0.25) is 0 Å². The summed E-state index contributed by atoms with van der Waals surface area (Å²) in [7, 11) is -4.02. The van der Waals surface area contributed by atoms with Gasteiger partial charge in [-0.1, -0.05) is 12.1 Å². The summed E-state index contributed by atoms with van der Waals surface area (Å²) < 4.78 is 43.0. The zero-order chi connectivity index (χ0) is 22.3. The number of Topliss-reactive ketones (excluding diaryl/α,β-unsaturated/α-hetero) is 1. The van der Waals surface area contributed by atoms with Gasteiger partial charge in [0.2, 0.25) is 22.4 Å². The third-order valence-electron chi connectivity index (χ3n) is 5.24. The Bertz CT molecular complexity index is 1350. The fourth-order valence-corrected chi connectivity index (χ4v) is 5.24. The molecule has 7 nitrogen and oxygen atoms in total. The van der Waals surface area contributed by atoms with Crippen LogP contribution in [0.4, 0.5) is 11.4 Å². The molecule has 0 radical (unpaired) electrons. The second-order valence-electron chi connectivity index (χ2n) is 7.16. The number of rotatable bonds is 5. The summed E-state index contributed by atoms with van der Waals surface area (Å²) in [6, 6.07) is 18.3. The second kappa shape index (κ2) is 7.72. The molecule has 0 aliphatic carbocycles. The maximum atomic E-state index is 13.4. The molecule has 0 aromatic heterocycles. The molecule has 0 N–H and O–H groups in total. The lowest BCUT2D eigenvalue weighted by molar-refractivity contribution is 0.104. The van der Waals surface area contributed by atoms with E-state index < -0.39 is 15.6 Å². The maximum Gasteiger partial charge on any atom is 0.231 e. The molecule has 162 valence electrons. The largest absolute Gasteiger partial charge is 0.494 e. The van der Waals surface area contributed by atoms with Crippen LogP contribution in [-0.2, 0) is 9.84 Å². The van der Waals surface area contributed by atoms with E-state index in [-0.39, 0.29) is 22.2 Å². The summed E-state index contributed by atoms with van der Waals surface area (Å²) in [5.74, 6) is 1.19. The number of para-hydroxylation sites is 1. The van der Waals surface area contributed by atoms with Crippen molar-refractivity contribution in [3.05, 3.63) is 83.4 Å². The number of anilines is 2. The van der Waals surface area contributed by atoms with Crippen LogP contribution >= 0.6 is 0 Å². The molecular formula is C24H19NO6S. The lowest BCUT2D eigenvalue weighted by Gasteiger charge is -2.29. The maximum absolute atomic E-state index is 13.4. The van der Waals surface area contributed by atoms with Gasteiger partial charge in [-0.05, 0) is 55.5 Å². The van der Waals surface area contributed by atoms with E-state index in [1.54, 1.807) is 65.6 Å². The summed E-state index contributed by atoms with van der Waals surface area (Å²) >= 11 is 0. The molecule has 2 aliphatic rings. The minimum absolute atomic E-state index is 0.0643. The standard InChI is InChI=1S/C24H19NO6S/c1-2-29-18-10-7-16(8-11-18)24(26)23-14-25(17-9-12-20-21(13-17)31-15-30-20)19-5-3-4-6-22(19)32(23,27)28/h3-14H,2,15H2,1H3. The molecule has 5 rings (SSSR count). The number of carbonyl (C=O) groups is 1. The van der Waals surface area contributed by atoms with Gasteiger partial charge in [0.05, 0.1) is 17.2 Å². The second-order valence-corrected chi connectivity index (χ2v) is 9.05. The van der Waals surface area contributed by atoms with Crippen molar-refractivity contribution < 1.29 is 27.4 Å². The van der Waals surface area contributed by atoms with Gasteiger partial charge in [-0.15, -0.1) is 0 Å². The van der Waals surface area contributed by atoms with Gasteiger partial charge >= 0.3 is 0 Å². The number of hydrogen-bond acceptors (Lipinski definition) is 7. The van der Waals surface area contributed by atoms with Gasteiger partial charge in [-0.2, -0.15) is 0 Å². The number of hydrogen-bond donors (Lipinski definition) is 0. The third kappa shape index (κ3) is 3.29. The van der Waals surface area contributed by atoms with Crippen LogP contribution in [0.1, 0.15) is 17.3 Å². The topological polar surface area (TPSA) is 82.1 Å². The number of nitrogens with zero attached hydrogens (tertiary/aromatic N) is 1. The molecule has 8 heteroatoms. The third-order valence-corrected chi connectivity index (χ3v) is 7.03. The Morgan fingerprint density at radius 3 is 2.53 bits per heavy atom. The zero-order valence-corrected chi connectivity index (χ0v) is 18.0. The van der Waals surface area contributed by atoms with Crippen molar-refractivity contribution in [1.82, 2.24) is 0 Å². The molecule has 2 aliphatic heterocycles. The quantitative estimate of drug-likeness (QED) is 0.532. The number of carbonyl (C=O) groups excluding carboxylic acids is 1. The number of benzene rings is 3. The Morgan fingerprint density at radius 2 is 1.75 bits per heavy atom. The fraction of sp³-hybridized carbons (Fsp3) is 0.125. The molecule has 3 aromatic rings. The fourth-order valence-electron chi connectivity index (χ4n) is 3.70. The van der Waals surface area contributed by atoms with E-state index in [4.69, 9.17) is 14.2 Å². The molecule has 0 amide bonds. The van der Waals surface area contributed by atoms with Crippen molar-refractivity contribution >= 4 is 27.0 Å². The molecular weight excluding hydrogens is 430 g/mol. The zero-order valence-electron chi connectivity index (χ0n) is 17.1. The Balaban J connectivity index is 1.62. The van der Waals surface area contributed by atoms with E-state index >= 15 is 0 Å².